The van der Waals surface area contributed by atoms with E-state index in [9.17, 15) is 19.5 Å². The molecule has 1 saturated carbocycles. The third-order valence-corrected chi connectivity index (χ3v) is 5.99. The van der Waals surface area contributed by atoms with Crippen LogP contribution in [-0.2, 0) is 19.7 Å². The minimum atomic E-state index is -1.07. The van der Waals surface area contributed by atoms with E-state index in [0.717, 1.165) is 16.2 Å². The van der Waals surface area contributed by atoms with Crippen LogP contribution in [0.2, 0.25) is 0 Å². The number of nitrogens with zero attached hydrogens (tertiary/aromatic N) is 3. The van der Waals surface area contributed by atoms with E-state index in [1.165, 1.54) is 0 Å². The van der Waals surface area contributed by atoms with Gasteiger partial charge in [-0.25, -0.2) is 19.5 Å². The van der Waals surface area contributed by atoms with Crippen LogP contribution < -0.4 is 0 Å². The Balaban J connectivity index is 1.69. The van der Waals surface area contributed by atoms with E-state index in [1.807, 2.05) is 35.8 Å². The fourth-order valence-corrected chi connectivity index (χ4v) is 4.23. The van der Waals surface area contributed by atoms with Crippen LogP contribution in [0.25, 0.3) is 5.69 Å². The van der Waals surface area contributed by atoms with Crippen molar-refractivity contribution in [1.82, 2.24) is 14.5 Å². The summed E-state index contributed by atoms with van der Waals surface area (Å²) in [5.74, 6) is -1.08. The molecule has 2 aromatic rings. The number of rotatable bonds is 7. The Labute approximate surface area is 212 Å². The van der Waals surface area contributed by atoms with Gasteiger partial charge in [0.15, 0.2) is 0 Å². The van der Waals surface area contributed by atoms with Gasteiger partial charge < -0.3 is 19.1 Å². The van der Waals surface area contributed by atoms with Crippen LogP contribution in [0.5, 0.6) is 0 Å². The summed E-state index contributed by atoms with van der Waals surface area (Å²) in [6.45, 7) is 12.4. The topological polar surface area (TPSA) is 111 Å². The average Bonchev–Trinajstić information content (AvgIpc) is 3.24. The summed E-state index contributed by atoms with van der Waals surface area (Å²) in [5.41, 5.74) is -0.100. The van der Waals surface area contributed by atoms with Gasteiger partial charge in [-0.15, -0.1) is 0 Å². The smallest absolute Gasteiger partial charge is 0.419 e. The quantitative estimate of drug-likeness (QED) is 0.537. The standard InChI is InChI=1S/C27H37N3O6/c1-18-10-8-12-20(14-18)29-16-21(28-17-29)27(22(31)32)15-19(27)11-9-13-30(23(33)35-25(2,3)4)24(34)36-26(5,6)7/h8,10,12,14,16-17,19H,9,11,13,15H2,1-7H3,(H,31,32)/t19-,27+/m0/s1. The number of aryl methyl sites for hydroxylation is 1. The molecule has 9 nitrogen and oxygen atoms in total. The zero-order valence-corrected chi connectivity index (χ0v) is 22.2. The summed E-state index contributed by atoms with van der Waals surface area (Å²) in [6.07, 6.45) is 3.21. The maximum absolute atomic E-state index is 12.7. The van der Waals surface area contributed by atoms with Crippen LogP contribution in [0.1, 0.15) is 72.1 Å². The van der Waals surface area contributed by atoms with Crippen molar-refractivity contribution in [2.75, 3.05) is 6.54 Å². The molecule has 1 N–H and O–H groups in total. The first-order valence-corrected chi connectivity index (χ1v) is 12.2. The molecule has 9 heteroatoms. The number of hydrogen-bond acceptors (Lipinski definition) is 6. The van der Waals surface area contributed by atoms with E-state index in [2.05, 4.69) is 4.98 Å². The molecule has 36 heavy (non-hydrogen) atoms. The number of imide groups is 1. The molecule has 1 aromatic carbocycles. The molecule has 1 aliphatic rings. The molecule has 0 radical (unpaired) electrons. The van der Waals surface area contributed by atoms with Crippen molar-refractivity contribution >= 4 is 18.2 Å². The molecular formula is C27H37N3O6. The van der Waals surface area contributed by atoms with Gasteiger partial charge in [-0.3, -0.25) is 4.79 Å². The largest absolute Gasteiger partial charge is 0.481 e. The van der Waals surface area contributed by atoms with Gasteiger partial charge in [-0.1, -0.05) is 12.1 Å². The first-order chi connectivity index (χ1) is 16.6. The first-order valence-electron chi connectivity index (χ1n) is 12.2. The number of benzene rings is 1. The molecule has 0 spiro atoms. The van der Waals surface area contributed by atoms with E-state index in [1.54, 1.807) is 54.1 Å². The number of amides is 2. The van der Waals surface area contributed by atoms with E-state index in [-0.39, 0.29) is 12.5 Å². The third-order valence-electron chi connectivity index (χ3n) is 5.99. The van der Waals surface area contributed by atoms with E-state index in [0.29, 0.717) is 25.0 Å². The molecule has 0 bridgehead atoms. The van der Waals surface area contributed by atoms with Crippen LogP contribution in [0, 0.1) is 12.8 Å². The average molecular weight is 500 g/mol. The van der Waals surface area contributed by atoms with Gasteiger partial charge in [0.05, 0.1) is 12.0 Å². The number of aliphatic carboxylic acids is 1. The fraction of sp³-hybridized carbons (Fsp3) is 0.556. The number of hydrogen-bond donors (Lipinski definition) is 1. The van der Waals surface area contributed by atoms with E-state index in [4.69, 9.17) is 9.47 Å². The second-order valence-corrected chi connectivity index (χ2v) is 11.4. The summed E-state index contributed by atoms with van der Waals surface area (Å²) in [7, 11) is 0. The lowest BCUT2D eigenvalue weighted by molar-refractivity contribution is -0.140. The van der Waals surface area contributed by atoms with Crippen molar-refractivity contribution in [2.45, 2.75) is 84.3 Å². The van der Waals surface area contributed by atoms with Crippen molar-refractivity contribution in [3.05, 3.63) is 48.0 Å². The van der Waals surface area contributed by atoms with Crippen molar-refractivity contribution in [1.29, 1.82) is 0 Å². The number of carboxylic acids is 1. The summed E-state index contributed by atoms with van der Waals surface area (Å²) < 4.78 is 12.6. The van der Waals surface area contributed by atoms with Crippen molar-refractivity contribution < 1.29 is 29.0 Å². The molecule has 196 valence electrons. The zero-order chi connectivity index (χ0) is 26.9. The first kappa shape index (κ1) is 27.2. The Kier molecular flexibility index (Phi) is 7.53. The van der Waals surface area contributed by atoms with Crippen LogP contribution in [0.4, 0.5) is 9.59 Å². The highest BCUT2D eigenvalue weighted by Crippen LogP contribution is 2.56. The Morgan fingerprint density at radius 2 is 1.72 bits per heavy atom. The Morgan fingerprint density at radius 1 is 1.11 bits per heavy atom. The second kappa shape index (κ2) is 9.95. The monoisotopic (exact) mass is 499 g/mol. The minimum Gasteiger partial charge on any atom is -0.481 e. The molecule has 3 rings (SSSR count). The normalized spacial score (nSPS) is 19.5. The lowest BCUT2D eigenvalue weighted by Gasteiger charge is -2.28. The van der Waals surface area contributed by atoms with E-state index >= 15 is 0 Å². The van der Waals surface area contributed by atoms with Gasteiger partial charge in [0, 0.05) is 18.4 Å². The molecule has 1 heterocycles. The fourth-order valence-electron chi connectivity index (χ4n) is 4.23. The van der Waals surface area contributed by atoms with Gasteiger partial charge in [0.1, 0.15) is 16.6 Å². The lowest BCUT2D eigenvalue weighted by atomic mass is 9.97. The highest BCUT2D eigenvalue weighted by molar-refractivity contribution is 5.88. The minimum absolute atomic E-state index is 0.0633. The summed E-state index contributed by atoms with van der Waals surface area (Å²) in [6, 6.07) is 7.89. The molecule has 1 fully saturated rings. The molecule has 2 amide bonds. The van der Waals surface area contributed by atoms with Crippen LogP contribution >= 0.6 is 0 Å². The zero-order valence-electron chi connectivity index (χ0n) is 22.2. The molecule has 0 aliphatic heterocycles. The number of carbonyl (C=O) groups excluding carboxylic acids is 2. The van der Waals surface area contributed by atoms with E-state index < -0.39 is 34.8 Å². The number of imidazole rings is 1. The van der Waals surface area contributed by atoms with Gasteiger partial charge >= 0.3 is 18.2 Å². The molecule has 0 unspecified atom stereocenters. The van der Waals surface area contributed by atoms with Crippen molar-refractivity contribution in [3.63, 3.8) is 0 Å². The number of carbonyl (C=O) groups is 3. The molecule has 1 aliphatic carbocycles. The van der Waals surface area contributed by atoms with Crippen LogP contribution in [0.3, 0.4) is 0 Å². The third kappa shape index (κ3) is 6.44. The Hall–Kier alpha value is -3.36. The maximum Gasteiger partial charge on any atom is 0.419 e. The number of ether oxygens (including phenoxy) is 2. The van der Waals surface area contributed by atoms with Gasteiger partial charge in [-0.2, -0.15) is 0 Å². The summed E-state index contributed by atoms with van der Waals surface area (Å²) >= 11 is 0. The SMILES string of the molecule is Cc1cccc(-n2cnc([C@@]3(C(=O)O)C[C@@H]3CCCN(C(=O)OC(C)(C)C)C(=O)OC(C)(C)C)c2)c1. The van der Waals surface area contributed by atoms with Gasteiger partial charge in [0.25, 0.3) is 0 Å². The van der Waals surface area contributed by atoms with Gasteiger partial charge in [0.2, 0.25) is 0 Å². The Bertz CT molecular complexity index is 1100. The van der Waals surface area contributed by atoms with Crippen molar-refractivity contribution in [3.8, 4) is 5.69 Å². The van der Waals surface area contributed by atoms with Gasteiger partial charge in [-0.05, 0) is 91.3 Å². The van der Waals surface area contributed by atoms with Crippen molar-refractivity contribution in [2.24, 2.45) is 5.92 Å². The predicted octanol–water partition coefficient (Wildman–Crippen LogP) is 5.48. The molecular weight excluding hydrogens is 462 g/mol. The number of carboxylic acid groups (broad SMARTS) is 1. The second-order valence-electron chi connectivity index (χ2n) is 11.4. The highest BCUT2D eigenvalue weighted by atomic mass is 16.6. The molecule has 2 atom stereocenters. The Morgan fingerprint density at radius 3 is 2.25 bits per heavy atom. The summed E-state index contributed by atoms with van der Waals surface area (Å²) in [5, 5.41) is 10.1. The maximum atomic E-state index is 12.7. The molecule has 1 aromatic heterocycles. The number of aromatic nitrogens is 2. The molecule has 0 saturated heterocycles. The predicted molar refractivity (Wildman–Crippen MR) is 134 cm³/mol. The lowest BCUT2D eigenvalue weighted by Crippen LogP contribution is -2.44. The van der Waals surface area contributed by atoms with Crippen LogP contribution in [-0.4, -0.2) is 55.5 Å². The van der Waals surface area contributed by atoms with Crippen LogP contribution in [0.15, 0.2) is 36.8 Å². The highest BCUT2D eigenvalue weighted by Gasteiger charge is 2.62. The summed E-state index contributed by atoms with van der Waals surface area (Å²) in [4.78, 5) is 43.1.